The number of piperidine rings is 1. The van der Waals surface area contributed by atoms with E-state index in [1.165, 1.54) is 17.7 Å². The van der Waals surface area contributed by atoms with Crippen LogP contribution in [-0.4, -0.2) is 37.7 Å². The Morgan fingerprint density at radius 1 is 1.38 bits per heavy atom. The number of rotatable bonds is 4. The molecule has 0 aromatic carbocycles. The van der Waals surface area contributed by atoms with Gasteiger partial charge in [-0.2, -0.15) is 4.52 Å². The van der Waals surface area contributed by atoms with Crippen LogP contribution in [0.25, 0.3) is 4.96 Å². The summed E-state index contributed by atoms with van der Waals surface area (Å²) in [5.74, 6) is 1.81. The molecule has 1 aliphatic heterocycles. The first-order chi connectivity index (χ1) is 11.7. The van der Waals surface area contributed by atoms with Gasteiger partial charge in [-0.25, -0.2) is 4.98 Å². The molecule has 5 nitrogen and oxygen atoms in total. The summed E-state index contributed by atoms with van der Waals surface area (Å²) in [5, 5.41) is 17.3. The molecule has 128 valence electrons. The van der Waals surface area contributed by atoms with Gasteiger partial charge in [-0.05, 0) is 43.3 Å². The van der Waals surface area contributed by atoms with Crippen LogP contribution in [0.2, 0.25) is 0 Å². The molecule has 0 amide bonds. The molecular formula is C17H22N4OS2. The molecule has 1 atom stereocenters. The van der Waals surface area contributed by atoms with E-state index in [4.69, 9.17) is 0 Å². The molecule has 4 rings (SSSR count). The number of aromatic hydroxyl groups is 1. The quantitative estimate of drug-likeness (QED) is 0.764. The first-order valence-corrected chi connectivity index (χ1v) is 10.2. The van der Waals surface area contributed by atoms with Crippen molar-refractivity contribution in [3.05, 3.63) is 33.1 Å². The van der Waals surface area contributed by atoms with Gasteiger partial charge in [0.1, 0.15) is 0 Å². The fourth-order valence-corrected chi connectivity index (χ4v) is 5.40. The number of aryl methyl sites for hydroxylation is 1. The minimum atomic E-state index is 0.107. The van der Waals surface area contributed by atoms with E-state index in [1.54, 1.807) is 27.2 Å². The van der Waals surface area contributed by atoms with E-state index in [0.717, 1.165) is 41.1 Å². The maximum Gasteiger partial charge on any atom is 0.230 e. The van der Waals surface area contributed by atoms with Gasteiger partial charge in [-0.1, -0.05) is 31.3 Å². The van der Waals surface area contributed by atoms with E-state index >= 15 is 0 Å². The Balaban J connectivity index is 1.76. The number of fused-ring (bicyclic) bond motifs is 1. The number of thiophene rings is 1. The molecule has 24 heavy (non-hydrogen) atoms. The summed E-state index contributed by atoms with van der Waals surface area (Å²) in [6, 6.07) is 4.36. The molecule has 1 fully saturated rings. The highest BCUT2D eigenvalue weighted by Gasteiger charge is 2.31. The molecule has 1 saturated heterocycles. The molecule has 0 spiro atoms. The number of nitrogens with zero attached hydrogens (tertiary/aromatic N) is 4. The molecule has 1 unspecified atom stereocenters. The second kappa shape index (κ2) is 6.46. The summed E-state index contributed by atoms with van der Waals surface area (Å²) in [4.78, 5) is 10.1. The Kier molecular flexibility index (Phi) is 4.32. The minimum Gasteiger partial charge on any atom is -0.492 e. The van der Waals surface area contributed by atoms with E-state index in [-0.39, 0.29) is 11.9 Å². The first-order valence-electron chi connectivity index (χ1n) is 8.52. The van der Waals surface area contributed by atoms with Crippen LogP contribution >= 0.6 is 22.7 Å². The summed E-state index contributed by atoms with van der Waals surface area (Å²) in [6.45, 7) is 6.49. The van der Waals surface area contributed by atoms with Gasteiger partial charge in [0, 0.05) is 11.3 Å². The normalized spacial score (nSPS) is 18.4. The smallest absolute Gasteiger partial charge is 0.230 e. The van der Waals surface area contributed by atoms with Gasteiger partial charge in [0.2, 0.25) is 10.8 Å². The lowest BCUT2D eigenvalue weighted by molar-refractivity contribution is 0.159. The molecule has 0 aliphatic carbocycles. The maximum atomic E-state index is 10.8. The fraction of sp³-hybridized carbons (Fsp3) is 0.529. The van der Waals surface area contributed by atoms with E-state index in [2.05, 4.69) is 39.4 Å². The Hall–Kier alpha value is -1.44. The summed E-state index contributed by atoms with van der Waals surface area (Å²) in [5.41, 5.74) is 0. The SMILES string of the molecule is CCc1nc2sc(C(c3cccs3)N3CCC(C)CC3)c(O)n2n1. The Bertz CT molecular complexity index is 815. The van der Waals surface area contributed by atoms with Crippen LogP contribution in [-0.2, 0) is 6.42 Å². The van der Waals surface area contributed by atoms with E-state index in [0.29, 0.717) is 0 Å². The van der Waals surface area contributed by atoms with Crippen molar-refractivity contribution in [2.75, 3.05) is 13.1 Å². The Morgan fingerprint density at radius 3 is 2.79 bits per heavy atom. The number of hydrogen-bond acceptors (Lipinski definition) is 6. The van der Waals surface area contributed by atoms with Crippen LogP contribution in [0.3, 0.4) is 0 Å². The van der Waals surface area contributed by atoms with Crippen molar-refractivity contribution < 1.29 is 5.11 Å². The zero-order valence-electron chi connectivity index (χ0n) is 14.0. The topological polar surface area (TPSA) is 53.7 Å². The average Bonchev–Trinajstić information content (AvgIpc) is 3.29. The molecule has 0 bridgehead atoms. The lowest BCUT2D eigenvalue weighted by Crippen LogP contribution is -2.36. The predicted molar refractivity (Wildman–Crippen MR) is 98.0 cm³/mol. The largest absolute Gasteiger partial charge is 0.492 e. The van der Waals surface area contributed by atoms with Crippen molar-refractivity contribution in [2.24, 2.45) is 5.92 Å². The van der Waals surface area contributed by atoms with Crippen LogP contribution in [0.4, 0.5) is 0 Å². The molecule has 1 aliphatic rings. The van der Waals surface area contributed by atoms with Crippen molar-refractivity contribution >= 4 is 27.6 Å². The van der Waals surface area contributed by atoms with Crippen molar-refractivity contribution in [1.82, 2.24) is 19.5 Å². The summed E-state index contributed by atoms with van der Waals surface area (Å²) < 4.78 is 1.60. The summed E-state index contributed by atoms with van der Waals surface area (Å²) >= 11 is 3.32. The van der Waals surface area contributed by atoms with Crippen molar-refractivity contribution in [1.29, 1.82) is 0 Å². The monoisotopic (exact) mass is 362 g/mol. The van der Waals surface area contributed by atoms with Crippen LogP contribution < -0.4 is 0 Å². The lowest BCUT2D eigenvalue weighted by Gasteiger charge is -2.35. The van der Waals surface area contributed by atoms with E-state index < -0.39 is 0 Å². The molecule has 3 aromatic rings. The molecular weight excluding hydrogens is 340 g/mol. The van der Waals surface area contributed by atoms with Gasteiger partial charge in [-0.3, -0.25) is 4.90 Å². The van der Waals surface area contributed by atoms with Gasteiger partial charge >= 0.3 is 0 Å². The van der Waals surface area contributed by atoms with Crippen LogP contribution in [0.15, 0.2) is 17.5 Å². The van der Waals surface area contributed by atoms with Crippen molar-refractivity contribution in [3.8, 4) is 5.88 Å². The highest BCUT2D eigenvalue weighted by molar-refractivity contribution is 7.17. The van der Waals surface area contributed by atoms with Gasteiger partial charge in [0.15, 0.2) is 5.82 Å². The zero-order chi connectivity index (χ0) is 16.7. The Morgan fingerprint density at radius 2 is 2.17 bits per heavy atom. The molecule has 4 heterocycles. The number of aromatic nitrogens is 3. The van der Waals surface area contributed by atoms with Crippen LogP contribution in [0, 0.1) is 5.92 Å². The van der Waals surface area contributed by atoms with E-state index in [1.807, 2.05) is 6.92 Å². The number of likely N-dealkylation sites (tertiary alicyclic amines) is 1. The highest BCUT2D eigenvalue weighted by Crippen LogP contribution is 2.42. The number of hydrogen-bond donors (Lipinski definition) is 1. The predicted octanol–water partition coefficient (Wildman–Crippen LogP) is 3.94. The van der Waals surface area contributed by atoms with Crippen LogP contribution in [0.1, 0.15) is 48.3 Å². The van der Waals surface area contributed by atoms with Gasteiger partial charge in [0.25, 0.3) is 0 Å². The average molecular weight is 363 g/mol. The van der Waals surface area contributed by atoms with Crippen molar-refractivity contribution in [2.45, 2.75) is 39.2 Å². The standard InChI is InChI=1S/C17H22N4OS2/c1-3-13-18-17-21(19-13)16(22)15(24-17)14(12-5-4-10-23-12)20-8-6-11(2)7-9-20/h4-5,10-11,14,22H,3,6-9H2,1-2H3. The summed E-state index contributed by atoms with van der Waals surface area (Å²) in [7, 11) is 0. The van der Waals surface area contributed by atoms with Gasteiger partial charge in [0.05, 0.1) is 10.9 Å². The Labute approximate surface area is 149 Å². The van der Waals surface area contributed by atoms with Crippen molar-refractivity contribution in [3.63, 3.8) is 0 Å². The molecule has 0 saturated carbocycles. The third-order valence-electron chi connectivity index (χ3n) is 4.80. The number of thiazole rings is 1. The summed E-state index contributed by atoms with van der Waals surface area (Å²) in [6.07, 6.45) is 3.20. The lowest BCUT2D eigenvalue weighted by atomic mass is 9.97. The highest BCUT2D eigenvalue weighted by atomic mass is 32.1. The molecule has 1 N–H and O–H groups in total. The second-order valence-electron chi connectivity index (χ2n) is 6.50. The third kappa shape index (κ3) is 2.74. The van der Waals surface area contributed by atoms with Gasteiger partial charge < -0.3 is 5.11 Å². The minimum absolute atomic E-state index is 0.107. The third-order valence-corrected chi connectivity index (χ3v) is 6.80. The second-order valence-corrected chi connectivity index (χ2v) is 8.49. The first kappa shape index (κ1) is 16.1. The molecule has 3 aromatic heterocycles. The maximum absolute atomic E-state index is 10.8. The van der Waals surface area contributed by atoms with E-state index in [9.17, 15) is 5.11 Å². The molecule has 0 radical (unpaired) electrons. The molecule has 7 heteroatoms. The fourth-order valence-electron chi connectivity index (χ4n) is 3.33. The van der Waals surface area contributed by atoms with Gasteiger partial charge in [-0.15, -0.1) is 16.4 Å². The van der Waals surface area contributed by atoms with Crippen LogP contribution in [0.5, 0.6) is 5.88 Å². The zero-order valence-corrected chi connectivity index (χ0v) is 15.6.